The molecule has 0 spiro atoms. The minimum Gasteiger partial charge on any atom is -0.352 e. The Balaban J connectivity index is 1.31. The Hall–Kier alpha value is -3.17. The number of amides is 3. The van der Waals surface area contributed by atoms with E-state index in [0.29, 0.717) is 29.8 Å². The molecule has 1 aliphatic rings. The number of hydrogen-bond acceptors (Lipinski definition) is 7. The van der Waals surface area contributed by atoms with Crippen LogP contribution >= 0.6 is 34.5 Å². The number of nitriles is 1. The van der Waals surface area contributed by atoms with E-state index in [-0.39, 0.29) is 40.1 Å². The molecule has 10 nitrogen and oxygen atoms in total. The highest BCUT2D eigenvalue weighted by Crippen LogP contribution is 2.24. The van der Waals surface area contributed by atoms with Gasteiger partial charge in [0, 0.05) is 44.5 Å². The maximum atomic E-state index is 13.3. The lowest BCUT2D eigenvalue weighted by molar-refractivity contribution is 0.0919. The van der Waals surface area contributed by atoms with Crippen LogP contribution in [-0.4, -0.2) is 68.6 Å². The van der Waals surface area contributed by atoms with Crippen LogP contribution in [0, 0.1) is 18.3 Å². The average molecular weight is 590 g/mol. The fourth-order valence-electron chi connectivity index (χ4n) is 4.76. The van der Waals surface area contributed by atoms with Gasteiger partial charge in [0.05, 0.1) is 5.56 Å². The maximum Gasteiger partial charge on any atom is 0.323 e. The Morgan fingerprint density at radius 1 is 1.36 bits per heavy atom. The number of likely N-dealkylation sites (tertiary alicyclic amines) is 1. The quantitative estimate of drug-likeness (QED) is 0.299. The summed E-state index contributed by atoms with van der Waals surface area (Å²) in [5.41, 5.74) is 2.38. The number of rotatable bonds is 9. The predicted molar refractivity (Wildman–Crippen MR) is 152 cm³/mol. The monoisotopic (exact) mass is 588 g/mol. The molecule has 0 saturated carbocycles. The number of thiophene rings is 1. The fraction of sp³-hybridized carbons (Fsp3) is 0.423. The molecule has 3 amide bonds. The lowest BCUT2D eigenvalue weighted by Crippen LogP contribution is -2.50. The molecule has 0 bridgehead atoms. The molecule has 0 aliphatic carbocycles. The average Bonchev–Trinajstić information content (AvgIpc) is 3.58. The van der Waals surface area contributed by atoms with Crippen LogP contribution < -0.4 is 10.6 Å². The number of nitrogens with one attached hydrogen (secondary N) is 3. The number of carbonyl (C=O) groups excluding carboxylic acids is 2. The predicted octanol–water partition coefficient (Wildman–Crippen LogP) is 5.06. The van der Waals surface area contributed by atoms with E-state index in [1.165, 1.54) is 6.20 Å². The van der Waals surface area contributed by atoms with Gasteiger partial charge < -0.3 is 15.1 Å². The smallest absolute Gasteiger partial charge is 0.323 e. The third-order valence-corrected chi connectivity index (χ3v) is 8.16. The van der Waals surface area contributed by atoms with Gasteiger partial charge in [0.1, 0.15) is 21.9 Å². The van der Waals surface area contributed by atoms with Crippen molar-refractivity contribution in [2.24, 2.45) is 0 Å². The number of carbonyl (C=O) groups is 2. The summed E-state index contributed by atoms with van der Waals surface area (Å²) in [7, 11) is 0. The van der Waals surface area contributed by atoms with Gasteiger partial charge in [-0.2, -0.15) is 21.7 Å². The van der Waals surface area contributed by atoms with E-state index in [0.717, 1.165) is 37.9 Å². The third-order valence-electron chi connectivity index (χ3n) is 6.96. The van der Waals surface area contributed by atoms with Crippen LogP contribution in [0.25, 0.3) is 0 Å². The molecule has 39 heavy (non-hydrogen) atoms. The van der Waals surface area contributed by atoms with Gasteiger partial charge in [0.25, 0.3) is 5.91 Å². The SMILES string of the molecule is Cc1cc(Cl)nc(Cl)c1C(=O)NCCC(C)N1CCC(N(Cc2ccsc2)C(=O)Nc2n[nH]cc2C#N)CC1. The molecule has 1 unspecified atom stereocenters. The number of hydrogen-bond donors (Lipinski definition) is 3. The second-order valence-electron chi connectivity index (χ2n) is 9.54. The molecule has 1 aliphatic heterocycles. The van der Waals surface area contributed by atoms with Gasteiger partial charge in [-0.05, 0) is 67.1 Å². The zero-order valence-electron chi connectivity index (χ0n) is 21.7. The van der Waals surface area contributed by atoms with Crippen molar-refractivity contribution in [3.63, 3.8) is 0 Å². The Morgan fingerprint density at radius 2 is 2.13 bits per heavy atom. The summed E-state index contributed by atoms with van der Waals surface area (Å²) in [6.45, 7) is 6.55. The molecule has 3 aromatic rings. The summed E-state index contributed by atoms with van der Waals surface area (Å²) in [4.78, 5) is 34.1. The van der Waals surface area contributed by atoms with Crippen molar-refractivity contribution < 1.29 is 9.59 Å². The second kappa shape index (κ2) is 13.3. The van der Waals surface area contributed by atoms with Crippen LogP contribution in [0.2, 0.25) is 10.3 Å². The first-order valence-corrected chi connectivity index (χ1v) is 14.3. The number of pyridine rings is 1. The number of anilines is 1. The van der Waals surface area contributed by atoms with Crippen LogP contribution in [0.15, 0.2) is 29.1 Å². The van der Waals surface area contributed by atoms with E-state index in [1.54, 1.807) is 24.3 Å². The first-order chi connectivity index (χ1) is 18.8. The van der Waals surface area contributed by atoms with Gasteiger partial charge in [-0.1, -0.05) is 23.2 Å². The molecular weight excluding hydrogens is 559 g/mol. The van der Waals surface area contributed by atoms with E-state index in [9.17, 15) is 14.9 Å². The van der Waals surface area contributed by atoms with E-state index in [4.69, 9.17) is 23.2 Å². The summed E-state index contributed by atoms with van der Waals surface area (Å²) in [5.74, 6) is -0.0316. The maximum absolute atomic E-state index is 13.3. The molecular formula is C26H30Cl2N8O2S. The number of piperidine rings is 1. The van der Waals surface area contributed by atoms with Crippen LogP contribution in [0.1, 0.15) is 53.2 Å². The van der Waals surface area contributed by atoms with Gasteiger partial charge in [0.2, 0.25) is 0 Å². The number of H-pyrrole nitrogens is 1. The van der Waals surface area contributed by atoms with Crippen molar-refractivity contribution in [3.8, 4) is 6.07 Å². The highest BCUT2D eigenvalue weighted by Gasteiger charge is 2.30. The first-order valence-electron chi connectivity index (χ1n) is 12.6. The lowest BCUT2D eigenvalue weighted by atomic mass is 10.0. The molecule has 4 heterocycles. The minimum absolute atomic E-state index is 0.0417. The Morgan fingerprint density at radius 3 is 2.79 bits per heavy atom. The van der Waals surface area contributed by atoms with Gasteiger partial charge in [0.15, 0.2) is 5.82 Å². The molecule has 1 fully saturated rings. The van der Waals surface area contributed by atoms with Gasteiger partial charge in [-0.15, -0.1) is 0 Å². The van der Waals surface area contributed by atoms with E-state index >= 15 is 0 Å². The van der Waals surface area contributed by atoms with Crippen LogP contribution in [0.4, 0.5) is 10.6 Å². The van der Waals surface area contributed by atoms with Crippen LogP contribution in [-0.2, 0) is 6.54 Å². The van der Waals surface area contributed by atoms with E-state index in [2.05, 4.69) is 37.6 Å². The highest BCUT2D eigenvalue weighted by atomic mass is 35.5. The topological polar surface area (TPSA) is 130 Å². The summed E-state index contributed by atoms with van der Waals surface area (Å²) in [6.07, 6.45) is 3.85. The van der Waals surface area contributed by atoms with Crippen molar-refractivity contribution in [3.05, 3.63) is 61.6 Å². The standard InChI is InChI=1S/C26H30Cl2N8O2S/c1-16-11-21(27)32-23(28)22(16)25(37)30-7-3-17(2)35-8-4-20(5-9-35)36(14-18-6-10-39-15-18)26(38)33-24-19(12-29)13-31-34-24/h6,10-11,13,15,17,20H,3-5,7-9,14H2,1-2H3,(H,30,37)(H2,31,33,34,38). The zero-order chi connectivity index (χ0) is 27.9. The second-order valence-corrected chi connectivity index (χ2v) is 11.1. The fourth-order valence-corrected chi connectivity index (χ4v) is 6.04. The Labute approximate surface area is 241 Å². The van der Waals surface area contributed by atoms with Crippen molar-refractivity contribution >= 4 is 52.3 Å². The third kappa shape index (κ3) is 7.28. The number of aryl methyl sites for hydroxylation is 1. The molecule has 13 heteroatoms. The van der Waals surface area contributed by atoms with Crippen molar-refractivity contribution in [2.45, 2.75) is 51.7 Å². The molecule has 0 aromatic carbocycles. The van der Waals surface area contributed by atoms with Crippen molar-refractivity contribution in [1.29, 1.82) is 5.26 Å². The summed E-state index contributed by atoms with van der Waals surface area (Å²) in [5, 5.41) is 26.0. The Bertz CT molecular complexity index is 1310. The molecule has 1 saturated heterocycles. The lowest BCUT2D eigenvalue weighted by Gasteiger charge is -2.40. The zero-order valence-corrected chi connectivity index (χ0v) is 24.0. The van der Waals surface area contributed by atoms with Gasteiger partial charge in [-0.3, -0.25) is 15.2 Å². The van der Waals surface area contributed by atoms with Crippen molar-refractivity contribution in [2.75, 3.05) is 25.0 Å². The number of aromatic nitrogens is 3. The van der Waals surface area contributed by atoms with Crippen LogP contribution in [0.3, 0.4) is 0 Å². The molecule has 1 atom stereocenters. The van der Waals surface area contributed by atoms with Gasteiger partial charge in [-0.25, -0.2) is 9.78 Å². The van der Waals surface area contributed by atoms with Gasteiger partial charge >= 0.3 is 6.03 Å². The molecule has 3 aromatic heterocycles. The largest absolute Gasteiger partial charge is 0.352 e. The van der Waals surface area contributed by atoms with Crippen molar-refractivity contribution in [1.82, 2.24) is 30.3 Å². The Kier molecular flexibility index (Phi) is 9.80. The summed E-state index contributed by atoms with van der Waals surface area (Å²) < 4.78 is 0. The van der Waals surface area contributed by atoms with Crippen LogP contribution in [0.5, 0.6) is 0 Å². The molecule has 206 valence electrons. The first kappa shape index (κ1) is 28.8. The number of nitrogens with zero attached hydrogens (tertiary/aromatic N) is 5. The molecule has 4 rings (SSSR count). The molecule has 0 radical (unpaired) electrons. The number of urea groups is 1. The van der Waals surface area contributed by atoms with E-state index < -0.39 is 0 Å². The number of halogens is 2. The summed E-state index contributed by atoms with van der Waals surface area (Å²) >= 11 is 13.6. The van der Waals surface area contributed by atoms with E-state index in [1.807, 2.05) is 27.8 Å². The number of aromatic amines is 1. The minimum atomic E-state index is -0.273. The molecule has 3 N–H and O–H groups in total. The normalized spacial score (nSPS) is 14.9. The highest BCUT2D eigenvalue weighted by molar-refractivity contribution is 7.07. The summed E-state index contributed by atoms with van der Waals surface area (Å²) in [6, 6.07) is 5.68.